The average Bonchev–Trinajstić information content (AvgIpc) is 2.28. The SMILES string of the molecule is COC(=O)CC(O)C(O)c1ccc(C)cc1O. The monoisotopic (exact) mass is 240 g/mol. The maximum Gasteiger partial charge on any atom is 0.308 e. The summed E-state index contributed by atoms with van der Waals surface area (Å²) in [5, 5.41) is 29.0. The standard InChI is InChI=1S/C12H16O5/c1-7-3-4-8(9(13)5-7)12(16)10(14)6-11(15)17-2/h3-5,10,12-14,16H,6H2,1-2H3. The number of hydrogen-bond donors (Lipinski definition) is 3. The molecule has 0 fully saturated rings. The molecule has 0 aliphatic carbocycles. The van der Waals surface area contributed by atoms with Gasteiger partial charge in [-0.2, -0.15) is 0 Å². The minimum absolute atomic E-state index is 0.110. The lowest BCUT2D eigenvalue weighted by Crippen LogP contribution is -2.22. The van der Waals surface area contributed by atoms with E-state index < -0.39 is 18.2 Å². The number of aromatic hydroxyl groups is 1. The van der Waals surface area contributed by atoms with Crippen molar-refractivity contribution in [1.29, 1.82) is 0 Å². The first-order valence-corrected chi connectivity index (χ1v) is 5.18. The Morgan fingerprint density at radius 1 is 1.41 bits per heavy atom. The Morgan fingerprint density at radius 2 is 2.06 bits per heavy atom. The minimum Gasteiger partial charge on any atom is -0.508 e. The molecule has 3 N–H and O–H groups in total. The van der Waals surface area contributed by atoms with Gasteiger partial charge in [-0.1, -0.05) is 12.1 Å². The van der Waals surface area contributed by atoms with Gasteiger partial charge in [0.25, 0.3) is 0 Å². The molecule has 0 radical (unpaired) electrons. The number of aryl methyl sites for hydroxylation is 1. The molecule has 94 valence electrons. The molecule has 0 saturated heterocycles. The predicted octanol–water partition coefficient (Wildman–Crippen LogP) is 0.658. The number of carbonyl (C=O) groups is 1. The first-order valence-electron chi connectivity index (χ1n) is 5.18. The van der Waals surface area contributed by atoms with E-state index in [1.807, 2.05) is 0 Å². The number of phenolic OH excluding ortho intramolecular Hbond substituents is 1. The van der Waals surface area contributed by atoms with E-state index in [0.717, 1.165) is 5.56 Å². The molecule has 2 atom stereocenters. The molecule has 5 heteroatoms. The molecule has 17 heavy (non-hydrogen) atoms. The molecule has 1 aromatic rings. The van der Waals surface area contributed by atoms with Crippen LogP contribution < -0.4 is 0 Å². The van der Waals surface area contributed by atoms with Crippen molar-refractivity contribution in [1.82, 2.24) is 0 Å². The van der Waals surface area contributed by atoms with Gasteiger partial charge >= 0.3 is 5.97 Å². The number of phenols is 1. The molecule has 2 unspecified atom stereocenters. The van der Waals surface area contributed by atoms with Crippen LogP contribution in [0, 0.1) is 6.92 Å². The van der Waals surface area contributed by atoms with Crippen LogP contribution in [0.1, 0.15) is 23.7 Å². The van der Waals surface area contributed by atoms with E-state index in [2.05, 4.69) is 4.74 Å². The summed E-state index contributed by atoms with van der Waals surface area (Å²) >= 11 is 0. The van der Waals surface area contributed by atoms with Gasteiger partial charge in [0, 0.05) is 5.56 Å². The van der Waals surface area contributed by atoms with Crippen LogP contribution in [0.4, 0.5) is 0 Å². The molecule has 0 aromatic heterocycles. The van der Waals surface area contributed by atoms with Gasteiger partial charge in [-0.25, -0.2) is 0 Å². The van der Waals surface area contributed by atoms with Crippen molar-refractivity contribution in [2.24, 2.45) is 0 Å². The molecule has 1 rings (SSSR count). The molecule has 5 nitrogen and oxygen atoms in total. The molecular weight excluding hydrogens is 224 g/mol. The van der Waals surface area contributed by atoms with Crippen LogP contribution in [0.15, 0.2) is 18.2 Å². The Balaban J connectivity index is 2.81. The predicted molar refractivity (Wildman–Crippen MR) is 60.4 cm³/mol. The van der Waals surface area contributed by atoms with Crippen LogP contribution >= 0.6 is 0 Å². The fourth-order valence-corrected chi connectivity index (χ4v) is 1.48. The average molecular weight is 240 g/mol. The second-order valence-corrected chi connectivity index (χ2v) is 3.85. The van der Waals surface area contributed by atoms with E-state index in [4.69, 9.17) is 0 Å². The molecule has 0 bridgehead atoms. The minimum atomic E-state index is -1.32. The van der Waals surface area contributed by atoms with Crippen LogP contribution in [0.25, 0.3) is 0 Å². The third-order valence-corrected chi connectivity index (χ3v) is 2.47. The Hall–Kier alpha value is -1.59. The number of aliphatic hydroxyl groups is 2. The molecule has 0 aliphatic rings. The van der Waals surface area contributed by atoms with Crippen molar-refractivity contribution in [2.45, 2.75) is 25.6 Å². The molecule has 0 heterocycles. The van der Waals surface area contributed by atoms with E-state index in [-0.39, 0.29) is 17.7 Å². The summed E-state index contributed by atoms with van der Waals surface area (Å²) in [6, 6.07) is 4.68. The Morgan fingerprint density at radius 3 is 2.59 bits per heavy atom. The van der Waals surface area contributed by atoms with Crippen molar-refractivity contribution in [2.75, 3.05) is 7.11 Å². The highest BCUT2D eigenvalue weighted by molar-refractivity contribution is 5.69. The van der Waals surface area contributed by atoms with Gasteiger partial charge in [0.2, 0.25) is 0 Å². The van der Waals surface area contributed by atoms with Crippen LogP contribution in [0.2, 0.25) is 0 Å². The van der Waals surface area contributed by atoms with Crippen LogP contribution in [-0.4, -0.2) is 34.5 Å². The van der Waals surface area contributed by atoms with Gasteiger partial charge < -0.3 is 20.1 Å². The topological polar surface area (TPSA) is 87.0 Å². The second-order valence-electron chi connectivity index (χ2n) is 3.85. The van der Waals surface area contributed by atoms with Crippen molar-refractivity contribution in [3.05, 3.63) is 29.3 Å². The molecule has 0 aliphatic heterocycles. The van der Waals surface area contributed by atoms with Crippen molar-refractivity contribution in [3.8, 4) is 5.75 Å². The Labute approximate surface area is 99.3 Å². The van der Waals surface area contributed by atoms with E-state index in [9.17, 15) is 20.1 Å². The van der Waals surface area contributed by atoms with Crippen molar-refractivity contribution >= 4 is 5.97 Å². The summed E-state index contributed by atoms with van der Waals surface area (Å²) in [4.78, 5) is 10.9. The van der Waals surface area contributed by atoms with Crippen LogP contribution in [0.5, 0.6) is 5.75 Å². The first kappa shape index (κ1) is 13.5. The number of esters is 1. The first-order chi connectivity index (χ1) is 7.95. The molecule has 1 aromatic carbocycles. The number of ether oxygens (including phenoxy) is 1. The molecule has 0 spiro atoms. The number of benzene rings is 1. The highest BCUT2D eigenvalue weighted by Crippen LogP contribution is 2.28. The number of carbonyl (C=O) groups excluding carboxylic acids is 1. The highest BCUT2D eigenvalue weighted by atomic mass is 16.5. The zero-order chi connectivity index (χ0) is 13.0. The lowest BCUT2D eigenvalue weighted by Gasteiger charge is -2.18. The Kier molecular flexibility index (Phi) is 4.48. The third kappa shape index (κ3) is 3.44. The largest absolute Gasteiger partial charge is 0.508 e. The van der Waals surface area contributed by atoms with E-state index >= 15 is 0 Å². The second kappa shape index (κ2) is 5.65. The van der Waals surface area contributed by atoms with Gasteiger partial charge in [0.05, 0.1) is 19.6 Å². The van der Waals surface area contributed by atoms with Crippen molar-refractivity contribution in [3.63, 3.8) is 0 Å². The fourth-order valence-electron chi connectivity index (χ4n) is 1.48. The quantitative estimate of drug-likeness (QED) is 0.673. The van der Waals surface area contributed by atoms with E-state index in [0.29, 0.717) is 0 Å². The van der Waals surface area contributed by atoms with E-state index in [1.165, 1.54) is 19.2 Å². The normalized spacial score (nSPS) is 14.1. The van der Waals surface area contributed by atoms with Crippen LogP contribution in [-0.2, 0) is 9.53 Å². The summed E-state index contributed by atoms with van der Waals surface area (Å²) in [5.74, 6) is -0.732. The molecule has 0 saturated carbocycles. The lowest BCUT2D eigenvalue weighted by atomic mass is 10.00. The fraction of sp³-hybridized carbons (Fsp3) is 0.417. The van der Waals surface area contributed by atoms with Gasteiger partial charge in [-0.3, -0.25) is 4.79 Å². The summed E-state index contributed by atoms with van der Waals surface area (Å²) in [7, 11) is 1.20. The number of methoxy groups -OCH3 is 1. The zero-order valence-electron chi connectivity index (χ0n) is 9.75. The Bertz CT molecular complexity index is 402. The summed E-state index contributed by atoms with van der Waals surface area (Å²) in [5.41, 5.74) is 1.02. The number of hydrogen-bond acceptors (Lipinski definition) is 5. The summed E-state index contributed by atoms with van der Waals surface area (Å²) < 4.78 is 4.38. The maximum absolute atomic E-state index is 10.9. The van der Waals surface area contributed by atoms with Gasteiger partial charge in [-0.15, -0.1) is 0 Å². The van der Waals surface area contributed by atoms with Gasteiger partial charge in [0.1, 0.15) is 11.9 Å². The number of aliphatic hydroxyl groups excluding tert-OH is 2. The third-order valence-electron chi connectivity index (χ3n) is 2.47. The van der Waals surface area contributed by atoms with Crippen LogP contribution in [0.3, 0.4) is 0 Å². The highest BCUT2D eigenvalue weighted by Gasteiger charge is 2.23. The summed E-state index contributed by atoms with van der Waals surface area (Å²) in [6.07, 6.45) is -2.96. The van der Waals surface area contributed by atoms with E-state index in [1.54, 1.807) is 13.0 Å². The van der Waals surface area contributed by atoms with Crippen molar-refractivity contribution < 1.29 is 24.9 Å². The smallest absolute Gasteiger partial charge is 0.308 e. The summed E-state index contributed by atoms with van der Waals surface area (Å²) in [6.45, 7) is 1.79. The molecular formula is C12H16O5. The molecule has 0 amide bonds. The number of rotatable bonds is 4. The van der Waals surface area contributed by atoms with Gasteiger partial charge in [-0.05, 0) is 18.6 Å². The zero-order valence-corrected chi connectivity index (χ0v) is 9.75. The lowest BCUT2D eigenvalue weighted by molar-refractivity contribution is -0.144. The maximum atomic E-state index is 10.9. The van der Waals surface area contributed by atoms with Gasteiger partial charge in [0.15, 0.2) is 0 Å².